The van der Waals surface area contributed by atoms with Crippen LogP contribution >= 0.6 is 11.8 Å². The number of anilines is 3. The summed E-state index contributed by atoms with van der Waals surface area (Å²) in [5, 5.41) is 8.47. The lowest BCUT2D eigenvalue weighted by Gasteiger charge is -2.23. The number of hydrogen-bond donors (Lipinski definition) is 3. The van der Waals surface area contributed by atoms with Crippen LogP contribution in [-0.2, 0) is 9.59 Å². The van der Waals surface area contributed by atoms with Gasteiger partial charge in [-0.3, -0.25) is 14.4 Å². The van der Waals surface area contributed by atoms with Crippen molar-refractivity contribution in [2.45, 2.75) is 24.8 Å². The van der Waals surface area contributed by atoms with E-state index in [1.165, 1.54) is 11.8 Å². The number of ether oxygens (including phenoxy) is 1. The highest BCUT2D eigenvalue weighted by atomic mass is 32.2. The molecule has 0 bridgehead atoms. The molecule has 3 aromatic rings. The third-order valence-corrected chi connectivity index (χ3v) is 6.07. The van der Waals surface area contributed by atoms with Crippen LogP contribution in [0.3, 0.4) is 0 Å². The number of carbonyl (C=O) groups excluding carboxylic acids is 3. The Morgan fingerprint density at radius 3 is 2.52 bits per heavy atom. The molecule has 0 spiro atoms. The summed E-state index contributed by atoms with van der Waals surface area (Å²) in [6.45, 7) is 3.65. The van der Waals surface area contributed by atoms with E-state index >= 15 is 0 Å². The number of amides is 3. The average Bonchev–Trinajstić information content (AvgIpc) is 2.80. The molecule has 1 atom stereocenters. The molecule has 1 heterocycles. The van der Waals surface area contributed by atoms with Gasteiger partial charge in [0.2, 0.25) is 5.91 Å². The number of hydrogen-bond acceptors (Lipinski definition) is 5. The second kappa shape index (κ2) is 9.79. The second-order valence-electron chi connectivity index (χ2n) is 7.61. The van der Waals surface area contributed by atoms with Crippen molar-refractivity contribution in [1.29, 1.82) is 0 Å². The molecule has 8 heteroatoms. The number of nitrogens with one attached hydrogen (secondary N) is 3. The van der Waals surface area contributed by atoms with E-state index in [2.05, 4.69) is 16.0 Å². The molecular weight excluding hydrogens is 438 g/mol. The lowest BCUT2D eigenvalue weighted by molar-refractivity contribution is -0.122. The van der Waals surface area contributed by atoms with Crippen LogP contribution in [0.15, 0.2) is 71.6 Å². The van der Waals surface area contributed by atoms with Crippen molar-refractivity contribution in [3.8, 4) is 5.75 Å². The summed E-state index contributed by atoms with van der Waals surface area (Å²) >= 11 is 1.29. The maximum absolute atomic E-state index is 12.9. The minimum atomic E-state index is -0.565. The lowest BCUT2D eigenvalue weighted by Crippen LogP contribution is -2.34. The van der Waals surface area contributed by atoms with Crippen molar-refractivity contribution in [2.75, 3.05) is 21.7 Å². The summed E-state index contributed by atoms with van der Waals surface area (Å²) in [5.41, 5.74) is 3.33. The number of aryl methyl sites for hydroxylation is 1. The van der Waals surface area contributed by atoms with Gasteiger partial charge < -0.3 is 20.7 Å². The zero-order chi connectivity index (χ0) is 23.4. The predicted octanol–water partition coefficient (Wildman–Crippen LogP) is 4.70. The SMILES string of the molecule is Cc1ccc(NC(=O)CSc2ccccc2C(=O)Nc2ccc3c(c2)NC(=O)[C@H](C)O3)cc1. The average molecular weight is 462 g/mol. The van der Waals surface area contributed by atoms with Gasteiger partial charge in [-0.15, -0.1) is 11.8 Å². The van der Waals surface area contributed by atoms with E-state index in [-0.39, 0.29) is 23.5 Å². The molecule has 4 rings (SSSR count). The highest BCUT2D eigenvalue weighted by molar-refractivity contribution is 8.00. The molecule has 168 valence electrons. The van der Waals surface area contributed by atoms with E-state index in [1.54, 1.807) is 43.3 Å². The zero-order valence-corrected chi connectivity index (χ0v) is 19.0. The molecule has 1 aliphatic rings. The van der Waals surface area contributed by atoms with E-state index in [1.807, 2.05) is 37.3 Å². The smallest absolute Gasteiger partial charge is 0.265 e. The molecule has 7 nitrogen and oxygen atoms in total. The van der Waals surface area contributed by atoms with Crippen molar-refractivity contribution in [3.63, 3.8) is 0 Å². The molecule has 3 amide bonds. The summed E-state index contributed by atoms with van der Waals surface area (Å²) < 4.78 is 5.54. The quantitative estimate of drug-likeness (QED) is 0.463. The molecule has 0 radical (unpaired) electrons. The Labute approximate surface area is 195 Å². The normalized spacial score (nSPS) is 14.5. The van der Waals surface area contributed by atoms with Crippen molar-refractivity contribution in [1.82, 2.24) is 0 Å². The third kappa shape index (κ3) is 5.53. The summed E-state index contributed by atoms with van der Waals surface area (Å²) in [4.78, 5) is 37.8. The van der Waals surface area contributed by atoms with Crippen LogP contribution in [0.2, 0.25) is 0 Å². The molecule has 0 unspecified atom stereocenters. The molecule has 1 aliphatic heterocycles. The molecule has 0 saturated carbocycles. The fourth-order valence-electron chi connectivity index (χ4n) is 3.24. The number of fused-ring (bicyclic) bond motifs is 1. The predicted molar refractivity (Wildman–Crippen MR) is 130 cm³/mol. The molecule has 0 saturated heterocycles. The molecule has 3 N–H and O–H groups in total. The van der Waals surface area contributed by atoms with Gasteiger partial charge in [-0.05, 0) is 56.3 Å². The Bertz CT molecular complexity index is 1210. The topological polar surface area (TPSA) is 96.5 Å². The molecular formula is C25H23N3O4S. The van der Waals surface area contributed by atoms with E-state index in [0.29, 0.717) is 27.6 Å². The first kappa shape index (κ1) is 22.4. The standard InChI is InChI=1S/C25H23N3O4S/c1-15-7-9-17(10-8-15)26-23(29)14-33-22-6-4-3-5-19(22)25(31)27-18-11-12-21-20(13-18)28-24(30)16(2)32-21/h3-13,16H,14H2,1-2H3,(H,26,29)(H,27,31)(H,28,30)/t16-/m0/s1. The highest BCUT2D eigenvalue weighted by Crippen LogP contribution is 2.32. The van der Waals surface area contributed by atoms with Crippen LogP contribution in [0.4, 0.5) is 17.1 Å². The minimum Gasteiger partial charge on any atom is -0.479 e. The van der Waals surface area contributed by atoms with Gasteiger partial charge in [-0.1, -0.05) is 29.8 Å². The van der Waals surface area contributed by atoms with Gasteiger partial charge in [0.25, 0.3) is 11.8 Å². The number of benzene rings is 3. The molecule has 0 fully saturated rings. The Kier molecular flexibility index (Phi) is 6.65. The summed E-state index contributed by atoms with van der Waals surface area (Å²) in [6.07, 6.45) is -0.565. The van der Waals surface area contributed by atoms with Gasteiger partial charge in [0.15, 0.2) is 6.10 Å². The molecule has 0 aromatic heterocycles. The van der Waals surface area contributed by atoms with Crippen molar-refractivity contribution >= 4 is 46.5 Å². The molecule has 33 heavy (non-hydrogen) atoms. The Morgan fingerprint density at radius 1 is 1.00 bits per heavy atom. The molecule has 0 aliphatic carbocycles. The van der Waals surface area contributed by atoms with Gasteiger partial charge in [0, 0.05) is 16.3 Å². The van der Waals surface area contributed by atoms with Crippen molar-refractivity contribution in [2.24, 2.45) is 0 Å². The second-order valence-corrected chi connectivity index (χ2v) is 8.63. The Balaban J connectivity index is 1.41. The fourth-order valence-corrected chi connectivity index (χ4v) is 4.09. The minimum absolute atomic E-state index is 0.154. The third-order valence-electron chi connectivity index (χ3n) is 4.99. The van der Waals surface area contributed by atoms with Gasteiger partial charge >= 0.3 is 0 Å². The van der Waals surface area contributed by atoms with E-state index < -0.39 is 6.10 Å². The number of carbonyl (C=O) groups is 3. The molecule has 3 aromatic carbocycles. The fraction of sp³-hybridized carbons (Fsp3) is 0.160. The van der Waals surface area contributed by atoms with Gasteiger partial charge in [0.05, 0.1) is 17.0 Å². The lowest BCUT2D eigenvalue weighted by atomic mass is 10.2. The summed E-state index contributed by atoms with van der Waals surface area (Å²) in [5.74, 6) is 0.0119. The first-order valence-corrected chi connectivity index (χ1v) is 11.4. The Hall–Kier alpha value is -3.78. The van der Waals surface area contributed by atoms with Gasteiger partial charge in [-0.2, -0.15) is 0 Å². The van der Waals surface area contributed by atoms with E-state index in [0.717, 1.165) is 11.3 Å². The van der Waals surface area contributed by atoms with E-state index in [9.17, 15) is 14.4 Å². The summed E-state index contributed by atoms with van der Waals surface area (Å²) in [6, 6.07) is 19.8. The largest absolute Gasteiger partial charge is 0.479 e. The van der Waals surface area contributed by atoms with Crippen LogP contribution < -0.4 is 20.7 Å². The van der Waals surface area contributed by atoms with Crippen LogP contribution in [-0.4, -0.2) is 29.6 Å². The van der Waals surface area contributed by atoms with Crippen LogP contribution in [0.5, 0.6) is 5.75 Å². The van der Waals surface area contributed by atoms with Crippen LogP contribution in [0, 0.1) is 6.92 Å². The number of thioether (sulfide) groups is 1. The van der Waals surface area contributed by atoms with Crippen molar-refractivity contribution < 1.29 is 19.1 Å². The van der Waals surface area contributed by atoms with Gasteiger partial charge in [0.1, 0.15) is 5.75 Å². The Morgan fingerprint density at radius 2 is 1.73 bits per heavy atom. The first-order valence-electron chi connectivity index (χ1n) is 10.4. The maximum atomic E-state index is 12.9. The van der Waals surface area contributed by atoms with Crippen LogP contribution in [0.1, 0.15) is 22.8 Å². The number of rotatable bonds is 6. The van der Waals surface area contributed by atoms with E-state index in [4.69, 9.17) is 4.74 Å². The van der Waals surface area contributed by atoms with Crippen molar-refractivity contribution in [3.05, 3.63) is 77.9 Å². The van der Waals surface area contributed by atoms with Gasteiger partial charge in [-0.25, -0.2) is 0 Å². The first-order chi connectivity index (χ1) is 15.9. The summed E-state index contributed by atoms with van der Waals surface area (Å²) in [7, 11) is 0. The van der Waals surface area contributed by atoms with Crippen LogP contribution in [0.25, 0.3) is 0 Å². The monoisotopic (exact) mass is 461 g/mol. The zero-order valence-electron chi connectivity index (χ0n) is 18.2. The highest BCUT2D eigenvalue weighted by Gasteiger charge is 2.24. The maximum Gasteiger partial charge on any atom is 0.265 e.